The van der Waals surface area contributed by atoms with E-state index in [2.05, 4.69) is 19.2 Å². The summed E-state index contributed by atoms with van der Waals surface area (Å²) in [6.07, 6.45) is 0. The standard InChI is InChI=1S/C27H26N2O3/c1-17(2)19-13-15-20(16-14-19)28-25-24(21-10-6-8-12-23(21)32-4)26(30)29(27(25)31)22-11-7-5-9-18(22)3/h5-17,28H,1-4H3. The topological polar surface area (TPSA) is 58.6 Å². The van der Waals surface area contributed by atoms with Gasteiger partial charge in [0.25, 0.3) is 11.8 Å². The van der Waals surface area contributed by atoms with Crippen molar-refractivity contribution in [1.29, 1.82) is 0 Å². The first-order valence-electron chi connectivity index (χ1n) is 10.6. The normalized spacial score (nSPS) is 13.8. The molecule has 0 saturated heterocycles. The lowest BCUT2D eigenvalue weighted by atomic mass is 10.0. The molecule has 1 heterocycles. The number of hydrogen-bond donors (Lipinski definition) is 1. The largest absolute Gasteiger partial charge is 0.496 e. The van der Waals surface area contributed by atoms with Crippen LogP contribution in [0.1, 0.15) is 36.5 Å². The van der Waals surface area contributed by atoms with Gasteiger partial charge in [-0.05, 0) is 48.2 Å². The molecule has 162 valence electrons. The van der Waals surface area contributed by atoms with E-state index in [0.717, 1.165) is 11.3 Å². The van der Waals surface area contributed by atoms with Crippen LogP contribution in [-0.4, -0.2) is 18.9 Å². The van der Waals surface area contributed by atoms with Crippen molar-refractivity contribution in [3.63, 3.8) is 0 Å². The maximum atomic E-state index is 13.6. The molecule has 1 aliphatic rings. The summed E-state index contributed by atoms with van der Waals surface area (Å²) in [5.41, 5.74) is 4.46. The fourth-order valence-corrected chi connectivity index (χ4v) is 3.88. The molecule has 3 aromatic rings. The summed E-state index contributed by atoms with van der Waals surface area (Å²) in [5, 5.41) is 3.22. The Bertz CT molecular complexity index is 1210. The SMILES string of the molecule is COc1ccccc1C1=C(Nc2ccc(C(C)C)cc2)C(=O)N(c2ccccc2C)C1=O. The number of ether oxygens (including phenoxy) is 1. The predicted octanol–water partition coefficient (Wildman–Crippen LogP) is 5.52. The van der Waals surface area contributed by atoms with Gasteiger partial charge in [0.05, 0.1) is 18.4 Å². The van der Waals surface area contributed by atoms with Gasteiger partial charge in [-0.25, -0.2) is 4.90 Å². The molecular weight excluding hydrogens is 400 g/mol. The number of anilines is 2. The molecule has 0 aliphatic carbocycles. The van der Waals surface area contributed by atoms with Crippen LogP contribution in [0.15, 0.2) is 78.5 Å². The summed E-state index contributed by atoms with van der Waals surface area (Å²) in [6, 6.07) is 22.5. The number of methoxy groups -OCH3 is 1. The van der Waals surface area contributed by atoms with Crippen molar-refractivity contribution in [3.8, 4) is 5.75 Å². The smallest absolute Gasteiger partial charge is 0.282 e. The second-order valence-corrected chi connectivity index (χ2v) is 8.08. The maximum Gasteiger partial charge on any atom is 0.282 e. The number of imide groups is 1. The van der Waals surface area contributed by atoms with Crippen molar-refractivity contribution >= 4 is 28.8 Å². The van der Waals surface area contributed by atoms with E-state index in [4.69, 9.17) is 4.74 Å². The summed E-state index contributed by atoms with van der Waals surface area (Å²) in [7, 11) is 1.55. The Morgan fingerprint density at radius 3 is 2.16 bits per heavy atom. The van der Waals surface area contributed by atoms with Gasteiger partial charge in [-0.2, -0.15) is 0 Å². The summed E-state index contributed by atoms with van der Waals surface area (Å²) in [6.45, 7) is 6.14. The van der Waals surface area contributed by atoms with Crippen LogP contribution in [0, 0.1) is 6.92 Å². The zero-order valence-corrected chi connectivity index (χ0v) is 18.7. The van der Waals surface area contributed by atoms with Gasteiger partial charge in [-0.1, -0.05) is 62.4 Å². The number of para-hydroxylation sites is 2. The van der Waals surface area contributed by atoms with Gasteiger partial charge in [0.2, 0.25) is 0 Å². The molecule has 0 saturated carbocycles. The van der Waals surface area contributed by atoms with Crippen LogP contribution < -0.4 is 15.0 Å². The summed E-state index contributed by atoms with van der Waals surface area (Å²) >= 11 is 0. The van der Waals surface area contributed by atoms with Gasteiger partial charge in [0.1, 0.15) is 11.4 Å². The Labute approximate surface area is 188 Å². The molecule has 1 N–H and O–H groups in total. The molecule has 0 bridgehead atoms. The van der Waals surface area contributed by atoms with Crippen molar-refractivity contribution in [1.82, 2.24) is 0 Å². The molecule has 0 aromatic heterocycles. The van der Waals surface area contributed by atoms with E-state index in [0.29, 0.717) is 28.5 Å². The first-order valence-corrected chi connectivity index (χ1v) is 10.6. The number of carbonyl (C=O) groups is 2. The molecule has 5 heteroatoms. The quantitative estimate of drug-likeness (QED) is 0.527. The molecule has 0 atom stereocenters. The summed E-state index contributed by atoms with van der Waals surface area (Å²) in [5.74, 6) is 0.164. The molecule has 0 fully saturated rings. The highest BCUT2D eigenvalue weighted by molar-refractivity contribution is 6.46. The Kier molecular flexibility index (Phi) is 5.82. The number of hydrogen-bond acceptors (Lipinski definition) is 4. The highest BCUT2D eigenvalue weighted by atomic mass is 16.5. The Balaban J connectivity index is 1.84. The molecule has 0 radical (unpaired) electrons. The third-order valence-corrected chi connectivity index (χ3v) is 5.66. The third kappa shape index (κ3) is 3.78. The monoisotopic (exact) mass is 426 g/mol. The Morgan fingerprint density at radius 1 is 0.844 bits per heavy atom. The third-order valence-electron chi connectivity index (χ3n) is 5.66. The number of amides is 2. The minimum absolute atomic E-state index is 0.236. The summed E-state index contributed by atoms with van der Waals surface area (Å²) < 4.78 is 5.50. The van der Waals surface area contributed by atoms with Crippen LogP contribution in [-0.2, 0) is 9.59 Å². The fourth-order valence-electron chi connectivity index (χ4n) is 3.88. The molecule has 1 aliphatic heterocycles. The molecule has 0 spiro atoms. The number of benzene rings is 3. The van der Waals surface area contributed by atoms with Crippen LogP contribution in [0.3, 0.4) is 0 Å². The van der Waals surface area contributed by atoms with Crippen molar-refractivity contribution in [2.24, 2.45) is 0 Å². The second kappa shape index (κ2) is 8.71. The van der Waals surface area contributed by atoms with Crippen LogP contribution >= 0.6 is 0 Å². The molecule has 4 rings (SSSR count). The molecule has 2 amide bonds. The first kappa shape index (κ1) is 21.4. The van der Waals surface area contributed by atoms with E-state index in [1.54, 1.807) is 25.3 Å². The van der Waals surface area contributed by atoms with Gasteiger partial charge in [0, 0.05) is 11.3 Å². The molecule has 3 aromatic carbocycles. The highest BCUT2D eigenvalue weighted by Gasteiger charge is 2.41. The van der Waals surface area contributed by atoms with E-state index in [1.165, 1.54) is 10.5 Å². The zero-order valence-electron chi connectivity index (χ0n) is 18.7. The first-order chi connectivity index (χ1) is 15.4. The van der Waals surface area contributed by atoms with Gasteiger partial charge >= 0.3 is 0 Å². The van der Waals surface area contributed by atoms with Crippen LogP contribution in [0.5, 0.6) is 5.75 Å². The van der Waals surface area contributed by atoms with E-state index in [-0.39, 0.29) is 11.6 Å². The van der Waals surface area contributed by atoms with Gasteiger partial charge in [-0.3, -0.25) is 9.59 Å². The average Bonchev–Trinajstić information content (AvgIpc) is 3.03. The molecular formula is C27H26N2O3. The number of carbonyl (C=O) groups excluding carboxylic acids is 2. The zero-order chi connectivity index (χ0) is 22.8. The molecule has 32 heavy (non-hydrogen) atoms. The minimum atomic E-state index is -0.391. The van der Waals surface area contributed by atoms with Gasteiger partial charge in [0.15, 0.2) is 0 Å². The minimum Gasteiger partial charge on any atom is -0.496 e. The molecule has 5 nitrogen and oxygen atoms in total. The number of aryl methyl sites for hydroxylation is 1. The number of rotatable bonds is 6. The Morgan fingerprint density at radius 2 is 1.50 bits per heavy atom. The highest BCUT2D eigenvalue weighted by Crippen LogP contribution is 2.38. The lowest BCUT2D eigenvalue weighted by Gasteiger charge is -2.18. The predicted molar refractivity (Wildman–Crippen MR) is 128 cm³/mol. The summed E-state index contributed by atoms with van der Waals surface area (Å²) in [4.78, 5) is 28.4. The van der Waals surface area contributed by atoms with E-state index < -0.39 is 5.91 Å². The number of nitrogens with one attached hydrogen (secondary N) is 1. The lowest BCUT2D eigenvalue weighted by molar-refractivity contribution is -0.120. The van der Waals surface area contributed by atoms with Gasteiger partial charge < -0.3 is 10.1 Å². The van der Waals surface area contributed by atoms with Crippen molar-refractivity contribution in [2.75, 3.05) is 17.3 Å². The lowest BCUT2D eigenvalue weighted by Crippen LogP contribution is -2.33. The van der Waals surface area contributed by atoms with Crippen molar-refractivity contribution in [2.45, 2.75) is 26.7 Å². The van der Waals surface area contributed by atoms with E-state index in [1.807, 2.05) is 61.5 Å². The second-order valence-electron chi connectivity index (χ2n) is 8.08. The van der Waals surface area contributed by atoms with E-state index in [9.17, 15) is 9.59 Å². The fraction of sp³-hybridized carbons (Fsp3) is 0.185. The van der Waals surface area contributed by atoms with E-state index >= 15 is 0 Å². The van der Waals surface area contributed by atoms with Gasteiger partial charge in [-0.15, -0.1) is 0 Å². The van der Waals surface area contributed by atoms with Crippen LogP contribution in [0.4, 0.5) is 11.4 Å². The van der Waals surface area contributed by atoms with Crippen molar-refractivity contribution in [3.05, 3.63) is 95.2 Å². The molecule has 0 unspecified atom stereocenters. The van der Waals surface area contributed by atoms with Crippen LogP contribution in [0.2, 0.25) is 0 Å². The van der Waals surface area contributed by atoms with Crippen molar-refractivity contribution < 1.29 is 14.3 Å². The average molecular weight is 427 g/mol. The Hall–Kier alpha value is -3.86. The maximum absolute atomic E-state index is 13.6. The number of nitrogens with zero attached hydrogens (tertiary/aromatic N) is 1. The van der Waals surface area contributed by atoms with Crippen LogP contribution in [0.25, 0.3) is 5.57 Å².